The Morgan fingerprint density at radius 1 is 0.973 bits per heavy atom. The zero-order valence-electron chi connectivity index (χ0n) is 19.6. The van der Waals surface area contributed by atoms with Crippen LogP contribution in [0.2, 0.25) is 0 Å². The second kappa shape index (κ2) is 11.0. The van der Waals surface area contributed by atoms with Gasteiger partial charge in [0.05, 0.1) is 19.1 Å². The van der Waals surface area contributed by atoms with Crippen molar-refractivity contribution in [1.82, 2.24) is 9.97 Å². The molecule has 4 aromatic rings. The fraction of sp³-hybridized carbons (Fsp3) is 0.125. The van der Waals surface area contributed by atoms with Crippen molar-refractivity contribution in [3.8, 4) is 17.6 Å². The SMILES string of the molecule is COc1cc(NS(=O)(=O)c2ccc(NC(=O)c3ccc(COc4ccc(F)cc4)o3)cc2)nc(OC)n1. The summed E-state index contributed by atoms with van der Waals surface area (Å²) in [5, 5.41) is 2.63. The van der Waals surface area contributed by atoms with Crippen LogP contribution in [0.1, 0.15) is 16.3 Å². The van der Waals surface area contributed by atoms with E-state index in [0.717, 1.165) is 0 Å². The van der Waals surface area contributed by atoms with Gasteiger partial charge in [0.15, 0.2) is 11.6 Å². The highest BCUT2D eigenvalue weighted by Crippen LogP contribution is 2.22. The maximum absolute atomic E-state index is 13.0. The molecule has 0 spiro atoms. The van der Waals surface area contributed by atoms with Gasteiger partial charge in [-0.25, -0.2) is 12.8 Å². The van der Waals surface area contributed by atoms with Crippen molar-refractivity contribution in [2.45, 2.75) is 11.5 Å². The van der Waals surface area contributed by atoms with Gasteiger partial charge in [0, 0.05) is 11.8 Å². The Morgan fingerprint density at radius 3 is 2.38 bits per heavy atom. The Balaban J connectivity index is 1.37. The van der Waals surface area contributed by atoms with Gasteiger partial charge in [-0.3, -0.25) is 9.52 Å². The minimum atomic E-state index is -4.01. The monoisotopic (exact) mass is 528 g/mol. The summed E-state index contributed by atoms with van der Waals surface area (Å²) >= 11 is 0. The van der Waals surface area contributed by atoms with E-state index in [1.165, 1.54) is 74.9 Å². The summed E-state index contributed by atoms with van der Waals surface area (Å²) in [5.74, 6) is 0.0260. The summed E-state index contributed by atoms with van der Waals surface area (Å²) in [6.45, 7) is 0.0442. The first kappa shape index (κ1) is 25.4. The van der Waals surface area contributed by atoms with Crippen molar-refractivity contribution >= 4 is 27.4 Å². The summed E-state index contributed by atoms with van der Waals surface area (Å²) in [5.41, 5.74) is 0.342. The van der Waals surface area contributed by atoms with Crippen LogP contribution >= 0.6 is 0 Å². The molecule has 37 heavy (non-hydrogen) atoms. The number of carbonyl (C=O) groups is 1. The first-order valence-electron chi connectivity index (χ1n) is 10.6. The van der Waals surface area contributed by atoms with E-state index in [1.807, 2.05) is 0 Å². The Hall–Kier alpha value is -4.65. The number of hydrogen-bond acceptors (Lipinski definition) is 9. The number of nitrogens with zero attached hydrogens (tertiary/aromatic N) is 2. The zero-order chi connectivity index (χ0) is 26.4. The maximum Gasteiger partial charge on any atom is 0.321 e. The largest absolute Gasteiger partial charge is 0.486 e. The second-order valence-corrected chi connectivity index (χ2v) is 9.06. The number of halogens is 1. The van der Waals surface area contributed by atoms with E-state index < -0.39 is 15.9 Å². The predicted octanol–water partition coefficient (Wildman–Crippen LogP) is 3.86. The van der Waals surface area contributed by atoms with Crippen LogP contribution in [0.5, 0.6) is 17.6 Å². The van der Waals surface area contributed by atoms with Gasteiger partial charge in [-0.1, -0.05) is 0 Å². The van der Waals surface area contributed by atoms with Gasteiger partial charge >= 0.3 is 6.01 Å². The molecule has 0 fully saturated rings. The highest BCUT2D eigenvalue weighted by molar-refractivity contribution is 7.92. The van der Waals surface area contributed by atoms with Crippen LogP contribution in [0.15, 0.2) is 76.0 Å². The second-order valence-electron chi connectivity index (χ2n) is 7.37. The number of anilines is 2. The molecule has 0 unspecified atom stereocenters. The standard InChI is InChI=1S/C24H21FN4O7S/c1-33-22-13-21(27-24(28-22)34-2)29-37(31,32)19-10-5-16(6-11-19)26-23(30)20-12-9-18(36-20)14-35-17-7-3-15(25)4-8-17/h3-13H,14H2,1-2H3,(H,26,30)(H,27,28,29). The maximum atomic E-state index is 13.0. The predicted molar refractivity (Wildman–Crippen MR) is 130 cm³/mol. The van der Waals surface area contributed by atoms with Gasteiger partial charge in [-0.05, 0) is 60.7 Å². The molecular weight excluding hydrogens is 507 g/mol. The summed E-state index contributed by atoms with van der Waals surface area (Å²) in [6.07, 6.45) is 0. The lowest BCUT2D eigenvalue weighted by Crippen LogP contribution is -2.15. The van der Waals surface area contributed by atoms with Crippen LogP contribution in [-0.2, 0) is 16.6 Å². The molecule has 2 N–H and O–H groups in total. The highest BCUT2D eigenvalue weighted by Gasteiger charge is 2.18. The molecule has 0 atom stereocenters. The average Bonchev–Trinajstić information content (AvgIpc) is 3.37. The molecule has 2 heterocycles. The normalized spacial score (nSPS) is 11.0. The molecule has 13 heteroatoms. The summed E-state index contributed by atoms with van der Waals surface area (Å²) < 4.78 is 61.8. The number of hydrogen-bond donors (Lipinski definition) is 2. The van der Waals surface area contributed by atoms with E-state index in [-0.39, 0.29) is 40.8 Å². The Labute approximate surface area is 211 Å². The lowest BCUT2D eigenvalue weighted by atomic mass is 10.3. The fourth-order valence-electron chi connectivity index (χ4n) is 3.02. The van der Waals surface area contributed by atoms with Gasteiger partial charge < -0.3 is 23.9 Å². The Bertz CT molecular complexity index is 1470. The molecule has 0 aliphatic carbocycles. The lowest BCUT2D eigenvalue weighted by Gasteiger charge is -2.10. The van der Waals surface area contributed by atoms with Crippen molar-refractivity contribution in [2.75, 3.05) is 24.3 Å². The summed E-state index contributed by atoms with van der Waals surface area (Å²) in [6, 6.07) is 15.3. The van der Waals surface area contributed by atoms with Gasteiger partial charge in [0.1, 0.15) is 23.9 Å². The van der Waals surface area contributed by atoms with E-state index in [9.17, 15) is 17.6 Å². The minimum Gasteiger partial charge on any atom is -0.486 e. The van der Waals surface area contributed by atoms with E-state index >= 15 is 0 Å². The first-order chi connectivity index (χ1) is 17.8. The molecular formula is C24H21FN4O7S. The molecule has 0 saturated carbocycles. The molecule has 11 nitrogen and oxygen atoms in total. The zero-order valence-corrected chi connectivity index (χ0v) is 20.4. The summed E-state index contributed by atoms with van der Waals surface area (Å²) in [4.78, 5) is 20.3. The third kappa shape index (κ3) is 6.52. The number of sulfonamides is 1. The van der Waals surface area contributed by atoms with Crippen LogP contribution in [0, 0.1) is 5.82 Å². The number of rotatable bonds is 10. The molecule has 0 radical (unpaired) electrons. The molecule has 2 aromatic carbocycles. The lowest BCUT2D eigenvalue weighted by molar-refractivity contribution is 0.0992. The van der Waals surface area contributed by atoms with Gasteiger partial charge in [-0.15, -0.1) is 0 Å². The topological polar surface area (TPSA) is 142 Å². The number of nitrogens with one attached hydrogen (secondary N) is 2. The number of benzene rings is 2. The quantitative estimate of drug-likeness (QED) is 0.314. The Kier molecular flexibility index (Phi) is 7.53. The summed E-state index contributed by atoms with van der Waals surface area (Å²) in [7, 11) is -1.29. The van der Waals surface area contributed by atoms with Crippen molar-refractivity contribution in [2.24, 2.45) is 0 Å². The third-order valence-electron chi connectivity index (χ3n) is 4.82. The van der Waals surface area contributed by atoms with Crippen molar-refractivity contribution < 1.29 is 36.2 Å². The smallest absolute Gasteiger partial charge is 0.321 e. The van der Waals surface area contributed by atoms with Crippen LogP contribution in [0.25, 0.3) is 0 Å². The molecule has 1 amide bonds. The number of amides is 1. The van der Waals surface area contributed by atoms with Crippen molar-refractivity contribution in [3.05, 3.63) is 84.1 Å². The fourth-order valence-corrected chi connectivity index (χ4v) is 4.01. The van der Waals surface area contributed by atoms with E-state index in [0.29, 0.717) is 17.2 Å². The van der Waals surface area contributed by atoms with Crippen LogP contribution in [0.4, 0.5) is 15.9 Å². The molecule has 0 aliphatic heterocycles. The molecule has 0 saturated heterocycles. The molecule has 0 aliphatic rings. The first-order valence-corrected chi connectivity index (χ1v) is 12.1. The minimum absolute atomic E-state index is 0.0303. The van der Waals surface area contributed by atoms with Gasteiger partial charge in [0.2, 0.25) is 5.88 Å². The average molecular weight is 529 g/mol. The number of aromatic nitrogens is 2. The van der Waals surface area contributed by atoms with Crippen molar-refractivity contribution in [1.29, 1.82) is 0 Å². The van der Waals surface area contributed by atoms with Crippen molar-refractivity contribution in [3.63, 3.8) is 0 Å². The third-order valence-corrected chi connectivity index (χ3v) is 6.19. The number of furan rings is 1. The highest BCUT2D eigenvalue weighted by atomic mass is 32.2. The number of carbonyl (C=O) groups excluding carboxylic acids is 1. The van der Waals surface area contributed by atoms with Crippen LogP contribution in [-0.4, -0.2) is 38.5 Å². The van der Waals surface area contributed by atoms with Crippen LogP contribution in [0.3, 0.4) is 0 Å². The van der Waals surface area contributed by atoms with E-state index in [1.54, 1.807) is 6.07 Å². The van der Waals surface area contributed by atoms with E-state index in [4.69, 9.17) is 18.6 Å². The van der Waals surface area contributed by atoms with Gasteiger partial charge in [-0.2, -0.15) is 9.97 Å². The number of methoxy groups -OCH3 is 2. The number of ether oxygens (including phenoxy) is 3. The van der Waals surface area contributed by atoms with Gasteiger partial charge in [0.25, 0.3) is 15.9 Å². The molecule has 0 bridgehead atoms. The van der Waals surface area contributed by atoms with Crippen LogP contribution < -0.4 is 24.2 Å². The molecule has 192 valence electrons. The van der Waals surface area contributed by atoms with E-state index in [2.05, 4.69) is 20.0 Å². The Morgan fingerprint density at radius 2 is 1.70 bits per heavy atom. The molecule has 2 aromatic heterocycles. The molecule has 4 rings (SSSR count).